The molecule has 2 aromatic carbocycles. The molecule has 0 unspecified atom stereocenters. The number of aliphatic imine (C=N–C) groups is 2. The van der Waals surface area contributed by atoms with Crippen molar-refractivity contribution in [1.82, 2.24) is 9.80 Å². The van der Waals surface area contributed by atoms with Crippen LogP contribution < -0.4 is 10.2 Å². The first-order valence-corrected chi connectivity index (χ1v) is 40.2. The zero-order valence-electron chi connectivity index (χ0n) is 53.5. The largest absolute Gasteiger partial charge is 2.00 e. The van der Waals surface area contributed by atoms with Crippen molar-refractivity contribution in [3.8, 4) is 11.5 Å². The van der Waals surface area contributed by atoms with Crippen LogP contribution in [0.3, 0.4) is 0 Å². The molecular weight excluding hydrogens is 1060 g/mol. The average molecular weight is 1170 g/mol. The van der Waals surface area contributed by atoms with E-state index in [4.69, 9.17) is 19.3 Å². The van der Waals surface area contributed by atoms with Gasteiger partial charge in [-0.2, -0.15) is 0 Å². The summed E-state index contributed by atoms with van der Waals surface area (Å²) in [5, 5.41) is 26.1. The summed E-state index contributed by atoms with van der Waals surface area (Å²) in [6, 6.07) is 8.66. The maximum Gasteiger partial charge on any atom is 2.00 e. The fourth-order valence-electron chi connectivity index (χ4n) is 8.15. The molecule has 0 aliphatic rings. The summed E-state index contributed by atoms with van der Waals surface area (Å²) in [4.78, 5) is 14.0. The molecule has 2 atom stereocenters. The van der Waals surface area contributed by atoms with E-state index >= 15 is 0 Å². The molecule has 72 heavy (non-hydrogen) atoms. The van der Waals surface area contributed by atoms with Crippen molar-refractivity contribution in [3.05, 3.63) is 66.9 Å². The Balaban J connectivity index is -0.000000471. The number of rotatable bonds is 16. The van der Waals surface area contributed by atoms with Gasteiger partial charge in [-0.15, -0.1) is 0 Å². The third-order valence-electron chi connectivity index (χ3n) is 10.4. The van der Waals surface area contributed by atoms with Crippen LogP contribution in [0.25, 0.3) is 9.30 Å². The van der Waals surface area contributed by atoms with Gasteiger partial charge in [0.2, 0.25) is 0 Å². The normalized spacial score (nSPS) is 14.1. The Morgan fingerprint density at radius 3 is 0.847 bits per heavy atom. The molecule has 0 heterocycles. The second kappa shape index (κ2) is 31.7. The van der Waals surface area contributed by atoms with Crippen LogP contribution in [0, 0.1) is 11.8 Å². The summed E-state index contributed by atoms with van der Waals surface area (Å²) < 4.78 is 9.64. The van der Waals surface area contributed by atoms with E-state index in [-0.39, 0.29) is 84.2 Å². The molecule has 0 saturated heterocycles. The molecule has 0 radical (unpaired) electrons. The van der Waals surface area contributed by atoms with Crippen LogP contribution in [-0.4, -0.2) is 109 Å². The van der Waals surface area contributed by atoms with Gasteiger partial charge in [-0.1, -0.05) is 258 Å². The first-order chi connectivity index (χ1) is 30.8. The van der Waals surface area contributed by atoms with Crippen molar-refractivity contribution in [3.63, 3.8) is 0 Å². The summed E-state index contributed by atoms with van der Waals surface area (Å²) in [7, 11) is 3.85. The van der Waals surface area contributed by atoms with Gasteiger partial charge in [-0.25, -0.2) is 0 Å². The average Bonchev–Trinajstić information content (AvgIpc) is 3.05. The Hall–Kier alpha value is -0.666. The van der Waals surface area contributed by atoms with Crippen molar-refractivity contribution in [2.45, 2.75) is 236 Å². The van der Waals surface area contributed by atoms with Gasteiger partial charge in [0, 0.05) is 25.5 Å². The third-order valence-corrected chi connectivity index (χ3v) is 21.1. The van der Waals surface area contributed by atoms with Gasteiger partial charge in [0.1, 0.15) is 0 Å². The topological polar surface area (TPSA) is 106 Å². The zero-order valence-corrected chi connectivity index (χ0v) is 63.5. The second-order valence-corrected chi connectivity index (χ2v) is 48.6. The Morgan fingerprint density at radius 1 is 0.458 bits per heavy atom. The minimum atomic E-state index is -1.11. The molecule has 0 amide bonds. The number of hydrogen-bond donors (Lipinski definition) is 0. The molecule has 0 aliphatic carbocycles. The van der Waals surface area contributed by atoms with Crippen molar-refractivity contribution in [1.29, 1.82) is 0 Å². The number of hydrogen-bond acceptors (Lipinski definition) is 6. The van der Waals surface area contributed by atoms with E-state index in [1.165, 1.54) is 11.1 Å². The molecule has 14 heteroatoms. The monoisotopic (exact) mass is 1170 g/mol. The van der Waals surface area contributed by atoms with Crippen LogP contribution in [0.2, 0.25) is 78.6 Å². The van der Waals surface area contributed by atoms with Crippen LogP contribution in [0.4, 0.5) is 0 Å². The first-order valence-electron chi connectivity index (χ1n) is 26.4. The molecule has 2 rings (SSSR count). The summed E-state index contributed by atoms with van der Waals surface area (Å²) in [6.07, 6.45) is 5.69. The molecule has 8 nitrogen and oxygen atoms in total. The third kappa shape index (κ3) is 37.2. The van der Waals surface area contributed by atoms with E-state index in [0.29, 0.717) is 11.8 Å². The smallest absolute Gasteiger partial charge is 0.872 e. The maximum absolute atomic E-state index is 13.1. The fraction of sp³-hybridized carbons (Fsp3) is 0.759. The Bertz CT molecular complexity index is 1720. The second-order valence-electron chi connectivity index (χ2n) is 29.4. The van der Waals surface area contributed by atoms with Gasteiger partial charge in [-0.3, -0.25) is 9.98 Å². The van der Waals surface area contributed by atoms with E-state index in [0.717, 1.165) is 48.2 Å². The van der Waals surface area contributed by atoms with Crippen molar-refractivity contribution < 1.29 is 49.2 Å². The molecule has 408 valence electrons. The van der Waals surface area contributed by atoms with Crippen LogP contribution in [0.1, 0.15) is 157 Å². The number of likely N-dealkylation sites (N-methyl/N-ethyl adjacent to an activating group) is 2. The molecule has 0 saturated carbocycles. The zero-order chi connectivity index (χ0) is 56.0. The predicted molar refractivity (Wildman–Crippen MR) is 325 cm³/mol. The SMILES string of the molecule is CC(C)C[C@@H](CN(C)C)N=Cc1cc(C(C)(C)C)cc(C(C)(C)C)c1[O-].CC(C)C[C@@H](CN(C)C)N=Cc1cc(C(C)(C)C)cc(C(C)(C)C)c1[O-].C[Si](C)(C)[N-][Si](C)(C)C.C[Si](C)(C)[N-][Si](C)(C)C.[Zn+2].[Zn+2]. The molecule has 0 spiro atoms. The van der Waals surface area contributed by atoms with Crippen LogP contribution in [-0.2, 0) is 60.6 Å². The van der Waals surface area contributed by atoms with E-state index in [9.17, 15) is 10.2 Å². The van der Waals surface area contributed by atoms with Gasteiger partial charge in [0.25, 0.3) is 0 Å². The molecular formula is C58H114N6O2Si4Zn2. The van der Waals surface area contributed by atoms with Crippen molar-refractivity contribution in [2.24, 2.45) is 21.8 Å². The first kappa shape index (κ1) is 77.8. The molecule has 0 aliphatic heterocycles. The van der Waals surface area contributed by atoms with E-state index in [1.54, 1.807) is 0 Å². The molecule has 0 N–H and O–H groups in total. The van der Waals surface area contributed by atoms with Gasteiger partial charge in [0.15, 0.2) is 0 Å². The summed E-state index contributed by atoms with van der Waals surface area (Å²) in [5.41, 5.74) is 5.20. The quantitative estimate of drug-likeness (QED) is 0.123. The van der Waals surface area contributed by atoms with E-state index in [1.807, 2.05) is 24.6 Å². The van der Waals surface area contributed by atoms with Crippen LogP contribution in [0.15, 0.2) is 34.3 Å². The fourth-order valence-corrected chi connectivity index (χ4v) is 24.3. The molecule has 2 aromatic rings. The molecule has 0 aromatic heterocycles. The Kier molecular flexibility index (Phi) is 34.2. The number of benzene rings is 2. The van der Waals surface area contributed by atoms with Crippen molar-refractivity contribution >= 4 is 45.4 Å². The molecule has 0 fully saturated rings. The summed E-state index contributed by atoms with van der Waals surface area (Å²) in [6.45, 7) is 64.0. The Labute approximate surface area is 478 Å². The number of nitrogens with zero attached hydrogens (tertiary/aromatic N) is 6. The summed E-state index contributed by atoms with van der Waals surface area (Å²) >= 11 is 0. The van der Waals surface area contributed by atoms with Gasteiger partial charge < -0.3 is 29.3 Å². The van der Waals surface area contributed by atoms with Crippen LogP contribution >= 0.6 is 0 Å². The van der Waals surface area contributed by atoms with Gasteiger partial charge in [-0.05, 0) is 108 Å². The van der Waals surface area contributed by atoms with E-state index in [2.05, 4.69) is 239 Å². The Morgan fingerprint density at radius 2 is 0.694 bits per heavy atom. The van der Waals surface area contributed by atoms with Crippen molar-refractivity contribution in [2.75, 3.05) is 41.3 Å². The maximum atomic E-state index is 13.1. The van der Waals surface area contributed by atoms with Crippen LogP contribution in [0.5, 0.6) is 11.5 Å². The minimum absolute atomic E-state index is 0. The van der Waals surface area contributed by atoms with Gasteiger partial charge in [0.05, 0.1) is 12.1 Å². The van der Waals surface area contributed by atoms with Gasteiger partial charge >= 0.3 is 39.0 Å². The summed E-state index contributed by atoms with van der Waals surface area (Å²) in [5.74, 6) is 1.38. The molecule has 0 bridgehead atoms. The minimum Gasteiger partial charge on any atom is -0.872 e. The van der Waals surface area contributed by atoms with E-state index < -0.39 is 32.9 Å². The predicted octanol–water partition coefficient (Wildman–Crippen LogP) is 15.6. The standard InChI is InChI=1S/2C23H40N2O.2C6H18NSi2.2Zn/c2*1-16(2)11-19(15-25(9)10)24-14-17-12-18(22(3,4)5)13-20(21(17)26)23(6,7)8;2*1-8(2,3)7-9(4,5)6;;/h2*12-14,16,19,26H,11,15H2,1-10H3;2*1-6H3;;/q;;2*-1;2*+2/p-2/t2*19-;;;;/m00..../s1.